The van der Waals surface area contributed by atoms with E-state index in [1.165, 1.54) is 0 Å². The van der Waals surface area contributed by atoms with Gasteiger partial charge in [-0.25, -0.2) is 4.79 Å². The second-order valence-corrected chi connectivity index (χ2v) is 6.28. The highest BCUT2D eigenvalue weighted by atomic mass is 16.4. The molecule has 0 atom stereocenters. The van der Waals surface area contributed by atoms with Gasteiger partial charge in [0, 0.05) is 11.1 Å². The molecule has 0 radical (unpaired) electrons. The second-order valence-electron chi connectivity index (χ2n) is 6.28. The number of carbonyl (C=O) groups is 2. The average molecular weight is 289 g/mol. The lowest BCUT2D eigenvalue weighted by Crippen LogP contribution is -2.17. The van der Waals surface area contributed by atoms with Crippen LogP contribution in [0.15, 0.2) is 18.2 Å². The zero-order valence-electron chi connectivity index (χ0n) is 12.6. The number of aryl methyl sites for hydroxylation is 1. The van der Waals surface area contributed by atoms with Crippen molar-refractivity contribution in [3.8, 4) is 0 Å². The van der Waals surface area contributed by atoms with Gasteiger partial charge in [0.1, 0.15) is 6.54 Å². The lowest BCUT2D eigenvalue weighted by Gasteiger charge is -2.22. The van der Waals surface area contributed by atoms with E-state index in [4.69, 9.17) is 5.11 Å². The molecule has 0 spiro atoms. The normalized spacial score (nSPS) is 11.8. The first kappa shape index (κ1) is 15.1. The summed E-state index contributed by atoms with van der Waals surface area (Å²) in [5, 5.41) is 19.1. The fourth-order valence-corrected chi connectivity index (χ4v) is 2.58. The van der Waals surface area contributed by atoms with Crippen LogP contribution in [0.1, 0.15) is 42.4 Å². The standard InChI is InChI=1S/C16H19NO4/c1-9-5-10-6-11(15(20)21)7-12(16(2,3)4)14(10)17(9)8-13(18)19/h5-7H,8H2,1-4H3,(H,18,19)(H,20,21). The van der Waals surface area contributed by atoms with Crippen molar-refractivity contribution in [3.63, 3.8) is 0 Å². The molecular formula is C16H19NO4. The summed E-state index contributed by atoms with van der Waals surface area (Å²) < 4.78 is 1.73. The number of rotatable bonds is 3. The molecular weight excluding hydrogens is 270 g/mol. The Morgan fingerprint density at radius 3 is 2.24 bits per heavy atom. The number of benzene rings is 1. The summed E-state index contributed by atoms with van der Waals surface area (Å²) in [4.78, 5) is 22.4. The Balaban J connectivity index is 2.87. The second kappa shape index (κ2) is 4.91. The van der Waals surface area contributed by atoms with Crippen molar-refractivity contribution in [1.29, 1.82) is 0 Å². The smallest absolute Gasteiger partial charge is 0.335 e. The van der Waals surface area contributed by atoms with Gasteiger partial charge in [-0.2, -0.15) is 0 Å². The van der Waals surface area contributed by atoms with Gasteiger partial charge >= 0.3 is 11.9 Å². The molecule has 2 N–H and O–H groups in total. The molecule has 0 saturated heterocycles. The molecule has 0 aliphatic rings. The maximum absolute atomic E-state index is 11.3. The Hall–Kier alpha value is -2.30. The topological polar surface area (TPSA) is 79.5 Å². The first-order valence-corrected chi connectivity index (χ1v) is 6.70. The number of aromatic carboxylic acids is 1. The fourth-order valence-electron chi connectivity index (χ4n) is 2.58. The lowest BCUT2D eigenvalue weighted by molar-refractivity contribution is -0.137. The molecule has 0 saturated carbocycles. The van der Waals surface area contributed by atoms with Crippen LogP contribution < -0.4 is 0 Å². The Kier molecular flexibility index (Phi) is 3.53. The van der Waals surface area contributed by atoms with Gasteiger partial charge in [0.25, 0.3) is 0 Å². The molecule has 21 heavy (non-hydrogen) atoms. The third-order valence-electron chi connectivity index (χ3n) is 3.55. The van der Waals surface area contributed by atoms with E-state index in [0.29, 0.717) is 0 Å². The predicted octanol–water partition coefficient (Wildman–Crippen LogP) is 3.03. The number of aliphatic carboxylic acids is 1. The monoisotopic (exact) mass is 289 g/mol. The van der Waals surface area contributed by atoms with E-state index in [1.54, 1.807) is 16.7 Å². The number of aromatic nitrogens is 1. The molecule has 1 heterocycles. The molecule has 2 aromatic rings. The van der Waals surface area contributed by atoms with Crippen LogP contribution in [0.3, 0.4) is 0 Å². The molecule has 5 heteroatoms. The van der Waals surface area contributed by atoms with E-state index in [1.807, 2.05) is 33.8 Å². The van der Waals surface area contributed by atoms with Gasteiger partial charge in [0.05, 0.1) is 11.1 Å². The van der Waals surface area contributed by atoms with Crippen molar-refractivity contribution in [3.05, 3.63) is 35.0 Å². The van der Waals surface area contributed by atoms with Crippen molar-refractivity contribution in [2.24, 2.45) is 0 Å². The summed E-state index contributed by atoms with van der Waals surface area (Å²) in [6, 6.07) is 5.07. The number of hydrogen-bond donors (Lipinski definition) is 2. The molecule has 0 fully saturated rings. The van der Waals surface area contributed by atoms with Crippen LogP contribution in [0.5, 0.6) is 0 Å². The molecule has 0 amide bonds. The molecule has 0 aliphatic heterocycles. The number of hydrogen-bond acceptors (Lipinski definition) is 2. The van der Waals surface area contributed by atoms with E-state index >= 15 is 0 Å². The molecule has 0 aliphatic carbocycles. The van der Waals surface area contributed by atoms with Crippen molar-refractivity contribution >= 4 is 22.8 Å². The number of fused-ring (bicyclic) bond motifs is 1. The van der Waals surface area contributed by atoms with Gasteiger partial charge in [0.2, 0.25) is 0 Å². The lowest BCUT2D eigenvalue weighted by atomic mass is 9.84. The molecule has 0 unspecified atom stereocenters. The predicted molar refractivity (Wildman–Crippen MR) is 80.0 cm³/mol. The molecule has 2 rings (SSSR count). The van der Waals surface area contributed by atoms with Crippen molar-refractivity contribution in [1.82, 2.24) is 4.57 Å². The minimum atomic E-state index is -0.981. The zero-order valence-corrected chi connectivity index (χ0v) is 12.6. The van der Waals surface area contributed by atoms with Crippen molar-refractivity contribution < 1.29 is 19.8 Å². The van der Waals surface area contributed by atoms with Crippen LogP contribution in [0.4, 0.5) is 0 Å². The van der Waals surface area contributed by atoms with E-state index in [-0.39, 0.29) is 17.5 Å². The van der Waals surface area contributed by atoms with E-state index in [2.05, 4.69) is 0 Å². The maximum atomic E-state index is 11.3. The van der Waals surface area contributed by atoms with Gasteiger partial charge in [-0.1, -0.05) is 20.8 Å². The highest BCUT2D eigenvalue weighted by Gasteiger charge is 2.23. The molecule has 0 bridgehead atoms. The average Bonchev–Trinajstić information content (AvgIpc) is 2.62. The van der Waals surface area contributed by atoms with Gasteiger partial charge in [-0.15, -0.1) is 0 Å². The summed E-state index contributed by atoms with van der Waals surface area (Å²) in [5.41, 5.74) is 2.38. The van der Waals surface area contributed by atoms with Crippen LogP contribution in [0.25, 0.3) is 10.9 Å². The summed E-state index contributed by atoms with van der Waals surface area (Å²) in [5.74, 6) is -1.90. The summed E-state index contributed by atoms with van der Waals surface area (Å²) in [7, 11) is 0. The van der Waals surface area contributed by atoms with E-state index in [9.17, 15) is 14.7 Å². The molecule has 5 nitrogen and oxygen atoms in total. The zero-order chi connectivity index (χ0) is 15.9. The van der Waals surface area contributed by atoms with Gasteiger partial charge in [-0.05, 0) is 36.1 Å². The first-order chi connectivity index (χ1) is 9.61. The molecule has 112 valence electrons. The van der Waals surface area contributed by atoms with Gasteiger partial charge in [0.15, 0.2) is 0 Å². The largest absolute Gasteiger partial charge is 0.480 e. The SMILES string of the molecule is Cc1cc2cc(C(=O)O)cc(C(C)(C)C)c2n1CC(=O)O. The Labute approximate surface area is 122 Å². The Morgan fingerprint density at radius 1 is 1.14 bits per heavy atom. The van der Waals surface area contributed by atoms with Crippen molar-refractivity contribution in [2.45, 2.75) is 39.7 Å². The number of carboxylic acids is 2. The van der Waals surface area contributed by atoms with E-state index in [0.717, 1.165) is 22.2 Å². The molecule has 1 aromatic carbocycles. The van der Waals surface area contributed by atoms with Crippen LogP contribution in [0, 0.1) is 6.92 Å². The van der Waals surface area contributed by atoms with Crippen molar-refractivity contribution in [2.75, 3.05) is 0 Å². The fraction of sp³-hybridized carbons (Fsp3) is 0.375. The van der Waals surface area contributed by atoms with Crippen LogP contribution >= 0.6 is 0 Å². The summed E-state index contributed by atoms with van der Waals surface area (Å²) in [6.07, 6.45) is 0. The van der Waals surface area contributed by atoms with Crippen LogP contribution in [-0.4, -0.2) is 26.7 Å². The molecule has 1 aromatic heterocycles. The highest BCUT2D eigenvalue weighted by molar-refractivity contribution is 5.96. The van der Waals surface area contributed by atoms with E-state index < -0.39 is 11.9 Å². The van der Waals surface area contributed by atoms with Crippen LogP contribution in [-0.2, 0) is 16.8 Å². The summed E-state index contributed by atoms with van der Waals surface area (Å²) in [6.45, 7) is 7.66. The third-order valence-corrected chi connectivity index (χ3v) is 3.55. The quantitative estimate of drug-likeness (QED) is 0.910. The van der Waals surface area contributed by atoms with Crippen LogP contribution in [0.2, 0.25) is 0 Å². The Morgan fingerprint density at radius 2 is 1.76 bits per heavy atom. The Bertz CT molecular complexity index is 735. The number of nitrogens with zero attached hydrogens (tertiary/aromatic N) is 1. The maximum Gasteiger partial charge on any atom is 0.335 e. The van der Waals surface area contributed by atoms with Gasteiger partial charge < -0.3 is 14.8 Å². The van der Waals surface area contributed by atoms with Gasteiger partial charge in [-0.3, -0.25) is 4.79 Å². The third kappa shape index (κ3) is 2.77. The minimum Gasteiger partial charge on any atom is -0.480 e. The number of carboxylic acid groups (broad SMARTS) is 2. The first-order valence-electron chi connectivity index (χ1n) is 6.70. The highest BCUT2D eigenvalue weighted by Crippen LogP contribution is 2.33. The summed E-state index contributed by atoms with van der Waals surface area (Å²) >= 11 is 0. The minimum absolute atomic E-state index is 0.134.